The molecule has 0 unspecified atom stereocenters. The normalized spacial score (nSPS) is 13.7. The fourth-order valence-electron chi connectivity index (χ4n) is 2.19. The van der Waals surface area contributed by atoms with E-state index in [-0.39, 0.29) is 24.4 Å². The van der Waals surface area contributed by atoms with E-state index in [1.54, 1.807) is 6.92 Å². The first kappa shape index (κ1) is 14.3. The fourth-order valence-corrected chi connectivity index (χ4v) is 2.19. The Morgan fingerprint density at radius 1 is 1.27 bits per heavy atom. The average molecular weight is 299 g/mol. The molecule has 2 N–H and O–H groups in total. The number of hydrogen-bond donors (Lipinski definition) is 2. The second kappa shape index (κ2) is 6.01. The predicted octanol–water partition coefficient (Wildman–Crippen LogP) is 1.66. The molecule has 2 aromatic rings. The van der Waals surface area contributed by atoms with Crippen LogP contribution in [0, 0.1) is 6.92 Å². The number of aryl methyl sites for hydroxylation is 1. The molecule has 1 heterocycles. The van der Waals surface area contributed by atoms with E-state index in [2.05, 4.69) is 15.8 Å². The van der Waals surface area contributed by atoms with Crippen molar-refractivity contribution in [3.8, 4) is 11.3 Å². The largest absolute Gasteiger partial charge is 0.360 e. The van der Waals surface area contributed by atoms with Crippen LogP contribution in [0.5, 0.6) is 0 Å². The molecule has 6 nitrogen and oxygen atoms in total. The van der Waals surface area contributed by atoms with Crippen molar-refractivity contribution >= 4 is 11.8 Å². The summed E-state index contributed by atoms with van der Waals surface area (Å²) < 4.78 is 5.14. The average Bonchev–Trinajstić information content (AvgIpc) is 3.25. The number of nitrogens with one attached hydrogen (secondary N) is 2. The number of nitrogens with zero attached hydrogens (tertiary/aromatic N) is 1. The van der Waals surface area contributed by atoms with Crippen molar-refractivity contribution in [3.63, 3.8) is 0 Å². The van der Waals surface area contributed by atoms with Crippen LogP contribution < -0.4 is 10.6 Å². The van der Waals surface area contributed by atoms with Crippen LogP contribution in [0.2, 0.25) is 0 Å². The summed E-state index contributed by atoms with van der Waals surface area (Å²) in [5.74, 6) is -0.103. The molecule has 0 saturated heterocycles. The topological polar surface area (TPSA) is 84.2 Å². The van der Waals surface area contributed by atoms with Crippen molar-refractivity contribution in [1.82, 2.24) is 15.8 Å². The zero-order chi connectivity index (χ0) is 15.5. The van der Waals surface area contributed by atoms with Gasteiger partial charge >= 0.3 is 0 Å². The summed E-state index contributed by atoms with van der Waals surface area (Å²) in [5, 5.41) is 9.40. The predicted molar refractivity (Wildman–Crippen MR) is 80.2 cm³/mol. The second-order valence-electron chi connectivity index (χ2n) is 5.35. The summed E-state index contributed by atoms with van der Waals surface area (Å²) in [7, 11) is 0. The van der Waals surface area contributed by atoms with Crippen LogP contribution in [-0.4, -0.2) is 29.6 Å². The van der Waals surface area contributed by atoms with Crippen molar-refractivity contribution < 1.29 is 14.1 Å². The third-order valence-electron chi connectivity index (χ3n) is 3.49. The van der Waals surface area contributed by atoms with E-state index in [4.69, 9.17) is 4.52 Å². The van der Waals surface area contributed by atoms with Crippen LogP contribution in [0.25, 0.3) is 11.3 Å². The Balaban J connectivity index is 1.72. The highest BCUT2D eigenvalue weighted by molar-refractivity contribution is 6.02. The third kappa shape index (κ3) is 3.16. The zero-order valence-corrected chi connectivity index (χ0v) is 12.3. The Labute approximate surface area is 127 Å². The minimum Gasteiger partial charge on any atom is -0.360 e. The van der Waals surface area contributed by atoms with Crippen molar-refractivity contribution in [2.24, 2.45) is 0 Å². The molecule has 1 saturated carbocycles. The van der Waals surface area contributed by atoms with Crippen molar-refractivity contribution in [1.29, 1.82) is 0 Å². The van der Waals surface area contributed by atoms with Crippen LogP contribution in [0.4, 0.5) is 0 Å². The van der Waals surface area contributed by atoms with Gasteiger partial charge in [0.25, 0.3) is 5.91 Å². The highest BCUT2D eigenvalue weighted by Crippen LogP contribution is 2.24. The van der Waals surface area contributed by atoms with Crippen LogP contribution in [-0.2, 0) is 4.79 Å². The second-order valence-corrected chi connectivity index (χ2v) is 5.35. The SMILES string of the molecule is Cc1onc(-c2ccccc2)c1C(=O)NCC(=O)NC1CC1. The molecule has 1 aromatic carbocycles. The standard InChI is InChI=1S/C16H17N3O3/c1-10-14(15(19-22-10)11-5-3-2-4-6-11)16(21)17-9-13(20)18-12-7-8-12/h2-6,12H,7-9H2,1H3,(H,17,21)(H,18,20). The molecule has 1 fully saturated rings. The van der Waals surface area contributed by atoms with Crippen LogP contribution in [0.3, 0.4) is 0 Å². The third-order valence-corrected chi connectivity index (χ3v) is 3.49. The molecule has 1 aromatic heterocycles. The number of rotatable bonds is 5. The lowest BCUT2D eigenvalue weighted by molar-refractivity contribution is -0.120. The molecule has 3 rings (SSSR count). The molecule has 0 bridgehead atoms. The van der Waals surface area contributed by atoms with Crippen LogP contribution in [0.1, 0.15) is 29.0 Å². The zero-order valence-electron chi connectivity index (χ0n) is 12.3. The van der Waals surface area contributed by atoms with E-state index >= 15 is 0 Å². The minimum atomic E-state index is -0.358. The molecule has 0 spiro atoms. The van der Waals surface area contributed by atoms with Gasteiger partial charge in [0, 0.05) is 11.6 Å². The molecule has 0 radical (unpaired) electrons. The Hall–Kier alpha value is -2.63. The highest BCUT2D eigenvalue weighted by Gasteiger charge is 2.25. The number of hydrogen-bond acceptors (Lipinski definition) is 4. The summed E-state index contributed by atoms with van der Waals surface area (Å²) in [5.41, 5.74) is 1.65. The first-order valence-electron chi connectivity index (χ1n) is 7.24. The summed E-state index contributed by atoms with van der Waals surface area (Å²) in [6.07, 6.45) is 2.03. The number of aromatic nitrogens is 1. The van der Waals surface area contributed by atoms with Crippen molar-refractivity contribution in [2.45, 2.75) is 25.8 Å². The lowest BCUT2D eigenvalue weighted by Crippen LogP contribution is -2.38. The fraction of sp³-hybridized carbons (Fsp3) is 0.312. The van der Waals surface area contributed by atoms with Crippen LogP contribution in [0.15, 0.2) is 34.9 Å². The number of carbonyl (C=O) groups is 2. The molecular formula is C16H17N3O3. The van der Waals surface area contributed by atoms with Gasteiger partial charge in [-0.05, 0) is 19.8 Å². The summed E-state index contributed by atoms with van der Waals surface area (Å²) in [6.45, 7) is 1.63. The van der Waals surface area contributed by atoms with E-state index in [1.807, 2.05) is 30.3 Å². The van der Waals surface area contributed by atoms with Gasteiger partial charge in [0.2, 0.25) is 5.91 Å². The summed E-state index contributed by atoms with van der Waals surface area (Å²) in [4.78, 5) is 24.0. The molecule has 2 amide bonds. The Bertz CT molecular complexity index is 690. The maximum absolute atomic E-state index is 12.3. The van der Waals surface area contributed by atoms with Crippen molar-refractivity contribution in [2.75, 3.05) is 6.54 Å². The lowest BCUT2D eigenvalue weighted by atomic mass is 10.1. The smallest absolute Gasteiger partial charge is 0.257 e. The Morgan fingerprint density at radius 2 is 2.00 bits per heavy atom. The first-order valence-corrected chi connectivity index (χ1v) is 7.24. The maximum atomic E-state index is 12.3. The van der Waals surface area contributed by atoms with E-state index in [0.717, 1.165) is 18.4 Å². The molecule has 1 aliphatic rings. The summed E-state index contributed by atoms with van der Waals surface area (Å²) in [6, 6.07) is 9.61. The lowest BCUT2D eigenvalue weighted by Gasteiger charge is -2.06. The molecule has 22 heavy (non-hydrogen) atoms. The van der Waals surface area contributed by atoms with Gasteiger partial charge in [-0.25, -0.2) is 0 Å². The molecular weight excluding hydrogens is 282 g/mol. The van der Waals surface area contributed by atoms with Gasteiger partial charge in [-0.3, -0.25) is 9.59 Å². The van der Waals surface area contributed by atoms with E-state index in [9.17, 15) is 9.59 Å². The van der Waals surface area contributed by atoms with E-state index in [0.29, 0.717) is 17.0 Å². The number of carbonyl (C=O) groups excluding carboxylic acids is 2. The monoisotopic (exact) mass is 299 g/mol. The van der Waals surface area contributed by atoms with Gasteiger partial charge in [-0.2, -0.15) is 0 Å². The molecule has 0 atom stereocenters. The Kier molecular flexibility index (Phi) is 3.91. The number of amides is 2. The van der Waals surface area contributed by atoms with Gasteiger partial charge in [-0.1, -0.05) is 35.5 Å². The van der Waals surface area contributed by atoms with Gasteiger partial charge in [0.15, 0.2) is 0 Å². The number of benzene rings is 1. The Morgan fingerprint density at radius 3 is 2.68 bits per heavy atom. The van der Waals surface area contributed by atoms with E-state index < -0.39 is 0 Å². The molecule has 0 aliphatic heterocycles. The van der Waals surface area contributed by atoms with Gasteiger partial charge in [0.05, 0.1) is 6.54 Å². The van der Waals surface area contributed by atoms with Crippen molar-refractivity contribution in [3.05, 3.63) is 41.7 Å². The van der Waals surface area contributed by atoms with Gasteiger partial charge in [0.1, 0.15) is 17.0 Å². The highest BCUT2D eigenvalue weighted by atomic mass is 16.5. The van der Waals surface area contributed by atoms with E-state index in [1.165, 1.54) is 0 Å². The van der Waals surface area contributed by atoms with Crippen LogP contribution >= 0.6 is 0 Å². The minimum absolute atomic E-state index is 0.0474. The molecule has 1 aliphatic carbocycles. The molecule has 114 valence electrons. The maximum Gasteiger partial charge on any atom is 0.257 e. The van der Waals surface area contributed by atoms with Gasteiger partial charge in [-0.15, -0.1) is 0 Å². The first-order chi connectivity index (χ1) is 10.6. The summed E-state index contributed by atoms with van der Waals surface area (Å²) >= 11 is 0. The molecule has 6 heteroatoms. The quantitative estimate of drug-likeness (QED) is 0.879. The van der Waals surface area contributed by atoms with Gasteiger partial charge < -0.3 is 15.2 Å².